The summed E-state index contributed by atoms with van der Waals surface area (Å²) >= 11 is 1.86. The largest absolute Gasteiger partial charge is 0.455 e. The van der Waals surface area contributed by atoms with E-state index < -0.39 is 0 Å². The third-order valence-electron chi connectivity index (χ3n) is 24.9. The van der Waals surface area contributed by atoms with Crippen LogP contribution in [0.4, 0.5) is 51.3 Å². The second-order valence-electron chi connectivity index (χ2n) is 32.9. The van der Waals surface area contributed by atoms with Crippen LogP contribution >= 0.6 is 11.3 Å². The number of nitrogens with zero attached hydrogens (tertiary/aromatic N) is 8. The lowest BCUT2D eigenvalue weighted by atomic mass is 9.77. The van der Waals surface area contributed by atoms with Gasteiger partial charge in [0.25, 0.3) is 0 Å². The van der Waals surface area contributed by atoms with Gasteiger partial charge < -0.3 is 14.2 Å². The Balaban J connectivity index is 0.000000110. The van der Waals surface area contributed by atoms with Gasteiger partial charge in [0.1, 0.15) is 17.2 Å². The molecule has 0 N–H and O–H groups in total. The number of benzene rings is 15. The first-order chi connectivity index (χ1) is 63.3. The van der Waals surface area contributed by atoms with E-state index >= 15 is 0 Å². The molecule has 10 heteroatoms. The average molecular weight is 1660 g/mol. The first-order valence-electron chi connectivity index (χ1n) is 43.3. The highest BCUT2D eigenvalue weighted by molar-refractivity contribution is 7.23. The molecule has 3 aliphatic heterocycles. The minimum atomic E-state index is -0.143. The van der Waals surface area contributed by atoms with Crippen LogP contribution in [0, 0.1) is 0 Å². The van der Waals surface area contributed by atoms with E-state index in [2.05, 4.69) is 398 Å². The van der Waals surface area contributed by atoms with Crippen LogP contribution in [0.2, 0.25) is 0 Å². The minimum absolute atomic E-state index is 0.143. The summed E-state index contributed by atoms with van der Waals surface area (Å²) in [6, 6.07) is 154. The number of pyridine rings is 3. The van der Waals surface area contributed by atoms with Crippen molar-refractivity contribution in [1.29, 1.82) is 0 Å². The predicted molar refractivity (Wildman–Crippen MR) is 530 cm³/mol. The number of anilines is 9. The topological polar surface area (TPSA) is 87.3 Å². The Morgan fingerprint density at radius 3 is 1.37 bits per heavy atom. The quantitative estimate of drug-likeness (QED) is 0.133. The zero-order valence-corrected chi connectivity index (χ0v) is 70.9. The number of hydrogen-bond donors (Lipinski definition) is 0. The standard InChI is InChI=1S/C42H27N3O.C40H30N2.C36H23N3S/c1-3-13-28(14-4-1)35-27-36(44-42(43-35)30-15-5-2-6-16-30)29-23-25-31(26-24-29)45-37-20-10-7-17-32(37)40-34-19-9-12-22-39(34)46-41(40)33-18-8-11-21-38(33)45;1-40(2)34-19-9-6-16-31(34)38-32-17-7-10-21-36(32)42(37-22-11-8-18-33(37)39(38)40)30-25-28(27-14-4-3-5-15-27)24-29(26-30)35-20-12-13-23-41-35;1-2-12-24(13-3-1)25-22-30(29-17-10-11-21-37-29)38-34(23-25)39-31-18-7-4-14-26(31)35-28-16-6-9-20-33(28)40-36(35)27-15-5-8-19-32(27)39/h1-27H;3-26H,1-2H3;1-23H. The summed E-state index contributed by atoms with van der Waals surface area (Å²) in [7, 11) is 0. The number of allylic oxidation sites excluding steroid dienone is 1. The van der Waals surface area contributed by atoms with E-state index in [-0.39, 0.29) is 5.41 Å². The summed E-state index contributed by atoms with van der Waals surface area (Å²) in [6.07, 6.45) is 3.69. The highest BCUT2D eigenvalue weighted by Gasteiger charge is 2.43. The zero-order valence-electron chi connectivity index (χ0n) is 70.1. The molecule has 0 spiro atoms. The van der Waals surface area contributed by atoms with Crippen molar-refractivity contribution in [1.82, 2.24) is 24.9 Å². The van der Waals surface area contributed by atoms with Gasteiger partial charge in [0.05, 0.1) is 62.6 Å². The van der Waals surface area contributed by atoms with E-state index in [4.69, 9.17) is 24.4 Å². The van der Waals surface area contributed by atoms with Crippen molar-refractivity contribution >= 4 is 94.9 Å². The van der Waals surface area contributed by atoms with Gasteiger partial charge in [0.2, 0.25) is 0 Å². The molecule has 0 bridgehead atoms. The second kappa shape index (κ2) is 32.3. The van der Waals surface area contributed by atoms with Crippen LogP contribution in [-0.2, 0) is 5.41 Å². The van der Waals surface area contributed by atoms with E-state index in [0.29, 0.717) is 5.82 Å². The lowest BCUT2D eigenvalue weighted by Gasteiger charge is -2.31. The van der Waals surface area contributed by atoms with Gasteiger partial charge in [-0.15, -0.1) is 11.3 Å². The first kappa shape index (κ1) is 76.4. The normalized spacial score (nSPS) is 12.8. The predicted octanol–water partition coefficient (Wildman–Crippen LogP) is 31.9. The Hall–Kier alpha value is -16.5. The molecule has 0 saturated carbocycles. The minimum Gasteiger partial charge on any atom is -0.455 e. The molecule has 0 saturated heterocycles. The molecule has 0 radical (unpaired) electrons. The molecular formula is C118H80N8OS. The Morgan fingerprint density at radius 1 is 0.273 bits per heavy atom. The number of fused-ring (bicyclic) bond motifs is 20. The van der Waals surface area contributed by atoms with Crippen molar-refractivity contribution in [2.24, 2.45) is 0 Å². The van der Waals surface area contributed by atoms with Gasteiger partial charge >= 0.3 is 0 Å². The van der Waals surface area contributed by atoms with Gasteiger partial charge in [0.15, 0.2) is 5.82 Å². The molecule has 604 valence electrons. The van der Waals surface area contributed by atoms with Crippen molar-refractivity contribution in [3.63, 3.8) is 0 Å². The first-order valence-corrected chi connectivity index (χ1v) is 44.2. The van der Waals surface area contributed by atoms with Crippen molar-refractivity contribution in [2.45, 2.75) is 19.3 Å². The summed E-state index contributed by atoms with van der Waals surface area (Å²) in [5.74, 6) is 2.46. The SMILES string of the molecule is CC1(C)C2=C(c3ccccc3N(c3cc(-c4ccccc4)cc(-c4ccccn4)c3)c3ccccc32)c2ccccc21.c1ccc(-c2cc(-c3ccc(N4c5ccccc5-c5oc6ccccc6c5-c5ccccc54)cc3)nc(-c3ccccc3)n2)cc1.c1ccc(-c2cc(-c3ccccn3)nc(N3c4ccccc4-c4sc5ccccc5c4-c4ccccc43)c2)cc1. The Morgan fingerprint density at radius 2 is 0.727 bits per heavy atom. The van der Waals surface area contributed by atoms with Crippen LogP contribution in [0.1, 0.15) is 36.1 Å². The van der Waals surface area contributed by atoms with Crippen LogP contribution in [0.3, 0.4) is 0 Å². The van der Waals surface area contributed by atoms with Crippen LogP contribution in [0.15, 0.2) is 454 Å². The number of furan rings is 1. The van der Waals surface area contributed by atoms with Crippen molar-refractivity contribution in [3.05, 3.63) is 471 Å². The van der Waals surface area contributed by atoms with E-state index in [0.717, 1.165) is 135 Å². The summed E-state index contributed by atoms with van der Waals surface area (Å²) in [5, 5.41) is 2.40. The summed E-state index contributed by atoms with van der Waals surface area (Å²) in [4.78, 5) is 33.1. The number of thiophene rings is 1. The number of para-hydroxylation sites is 7. The molecule has 0 unspecified atom stereocenters. The maximum atomic E-state index is 6.57. The van der Waals surface area contributed by atoms with Crippen LogP contribution < -0.4 is 14.7 Å². The van der Waals surface area contributed by atoms with Crippen molar-refractivity contribution in [2.75, 3.05) is 14.7 Å². The number of aromatic nitrogens is 5. The van der Waals surface area contributed by atoms with Gasteiger partial charge in [-0.3, -0.25) is 14.9 Å². The summed E-state index contributed by atoms with van der Waals surface area (Å²) in [5.41, 5.74) is 37.9. The Labute approximate surface area is 747 Å². The van der Waals surface area contributed by atoms with Crippen LogP contribution in [0.5, 0.6) is 0 Å². The lowest BCUT2D eigenvalue weighted by molar-refractivity contribution is 0.633. The van der Waals surface area contributed by atoms with E-state index in [1.807, 2.05) is 96.5 Å². The van der Waals surface area contributed by atoms with E-state index in [1.54, 1.807) is 0 Å². The lowest BCUT2D eigenvalue weighted by Crippen LogP contribution is -2.18. The van der Waals surface area contributed by atoms with Gasteiger partial charge in [-0.1, -0.05) is 323 Å². The molecule has 0 amide bonds. The van der Waals surface area contributed by atoms with Crippen molar-refractivity contribution < 1.29 is 4.42 Å². The Bertz CT molecular complexity index is 7670. The molecule has 6 aromatic heterocycles. The number of hydrogen-bond acceptors (Lipinski definition) is 10. The monoisotopic (exact) mass is 1660 g/mol. The third kappa shape index (κ3) is 13.5. The molecule has 4 aliphatic rings. The Kier molecular flexibility index (Phi) is 19.3. The molecule has 9 nitrogen and oxygen atoms in total. The molecule has 15 aromatic carbocycles. The summed E-state index contributed by atoms with van der Waals surface area (Å²) in [6.45, 7) is 4.75. The molecule has 9 heterocycles. The fourth-order valence-corrected chi connectivity index (χ4v) is 20.4. The average Bonchev–Trinajstić information content (AvgIpc) is 1.54. The highest BCUT2D eigenvalue weighted by Crippen LogP contribution is 2.61. The molecule has 25 rings (SSSR count). The smallest absolute Gasteiger partial charge is 0.160 e. The van der Waals surface area contributed by atoms with Crippen molar-refractivity contribution in [3.8, 4) is 123 Å². The molecule has 1 aliphatic carbocycles. The maximum absolute atomic E-state index is 6.57. The van der Waals surface area contributed by atoms with E-state index in [9.17, 15) is 0 Å². The fraction of sp³-hybridized carbons (Fsp3) is 0.0254. The van der Waals surface area contributed by atoms with Gasteiger partial charge in [-0.25, -0.2) is 15.0 Å². The molecule has 0 fully saturated rings. The third-order valence-corrected chi connectivity index (χ3v) is 26.1. The fourth-order valence-electron chi connectivity index (χ4n) is 19.2. The van der Waals surface area contributed by atoms with Gasteiger partial charge in [-0.2, -0.15) is 0 Å². The van der Waals surface area contributed by atoms with E-state index in [1.165, 1.54) is 87.6 Å². The maximum Gasteiger partial charge on any atom is 0.160 e. The molecule has 128 heavy (non-hydrogen) atoms. The van der Waals surface area contributed by atoms with Gasteiger partial charge in [0, 0.05) is 116 Å². The zero-order chi connectivity index (χ0) is 85.2. The molecule has 0 atom stereocenters. The van der Waals surface area contributed by atoms with Gasteiger partial charge in [-0.05, 0) is 172 Å². The number of rotatable bonds is 10. The van der Waals surface area contributed by atoms with Crippen LogP contribution in [0.25, 0.3) is 155 Å². The second-order valence-corrected chi connectivity index (χ2v) is 34.0. The highest BCUT2D eigenvalue weighted by atomic mass is 32.1. The molecular weight excluding hydrogens is 1580 g/mol. The molecule has 21 aromatic rings. The summed E-state index contributed by atoms with van der Waals surface area (Å²) < 4.78 is 7.87. The van der Waals surface area contributed by atoms with Crippen LogP contribution in [-0.4, -0.2) is 24.9 Å².